The van der Waals surface area contributed by atoms with Gasteiger partial charge in [0.05, 0.1) is 6.20 Å². The van der Waals surface area contributed by atoms with E-state index in [2.05, 4.69) is 39.4 Å². The molecule has 6 nitrogen and oxygen atoms in total. The quantitative estimate of drug-likeness (QED) is 0.794. The van der Waals surface area contributed by atoms with Crippen LogP contribution in [0.4, 0.5) is 10.6 Å². The summed E-state index contributed by atoms with van der Waals surface area (Å²) in [4.78, 5) is 23.6. The maximum atomic E-state index is 12.1. The van der Waals surface area contributed by atoms with Gasteiger partial charge in [0.1, 0.15) is 5.52 Å². The van der Waals surface area contributed by atoms with Crippen molar-refractivity contribution in [3.8, 4) is 0 Å². The van der Waals surface area contributed by atoms with Crippen LogP contribution in [0.2, 0.25) is 0 Å². The number of hydrogen-bond acceptors (Lipinski definition) is 3. The molecule has 6 heteroatoms. The van der Waals surface area contributed by atoms with Crippen molar-refractivity contribution in [2.24, 2.45) is 5.41 Å². The number of aromatic nitrogens is 3. The summed E-state index contributed by atoms with van der Waals surface area (Å²) >= 11 is 0. The molecule has 2 amide bonds. The van der Waals surface area contributed by atoms with Crippen LogP contribution >= 0.6 is 0 Å². The van der Waals surface area contributed by atoms with E-state index in [0.29, 0.717) is 11.2 Å². The highest BCUT2D eigenvalue weighted by Crippen LogP contribution is 2.35. The van der Waals surface area contributed by atoms with Gasteiger partial charge < -0.3 is 10.3 Å². The lowest BCUT2D eigenvalue weighted by molar-refractivity contribution is 0.196. The molecule has 0 aromatic carbocycles. The molecule has 0 aliphatic heterocycles. The van der Waals surface area contributed by atoms with Gasteiger partial charge in [-0.1, -0.05) is 20.3 Å². The third-order valence-electron chi connectivity index (χ3n) is 4.04. The SMILES string of the molecule is CC1(C)CCCC(NC(=O)Nc2cnc3[nH]ccc3n2)C1. The summed E-state index contributed by atoms with van der Waals surface area (Å²) in [7, 11) is 0. The number of nitrogens with zero attached hydrogens (tertiary/aromatic N) is 2. The van der Waals surface area contributed by atoms with E-state index < -0.39 is 0 Å². The van der Waals surface area contributed by atoms with E-state index in [4.69, 9.17) is 0 Å². The third kappa shape index (κ3) is 3.32. The Kier molecular flexibility index (Phi) is 3.53. The molecule has 3 rings (SSSR count). The second-order valence-corrected chi connectivity index (χ2v) is 6.52. The molecule has 1 saturated carbocycles. The number of aromatic amines is 1. The van der Waals surface area contributed by atoms with E-state index >= 15 is 0 Å². The van der Waals surface area contributed by atoms with E-state index in [1.165, 1.54) is 6.42 Å². The largest absolute Gasteiger partial charge is 0.345 e. The maximum absolute atomic E-state index is 12.1. The lowest BCUT2D eigenvalue weighted by atomic mass is 9.75. The van der Waals surface area contributed by atoms with E-state index in [1.54, 1.807) is 12.4 Å². The summed E-state index contributed by atoms with van der Waals surface area (Å²) in [6.07, 6.45) is 7.78. The van der Waals surface area contributed by atoms with Gasteiger partial charge in [-0.2, -0.15) is 0 Å². The van der Waals surface area contributed by atoms with Crippen molar-refractivity contribution in [3.63, 3.8) is 0 Å². The minimum Gasteiger partial charge on any atom is -0.345 e. The number of urea groups is 1. The summed E-state index contributed by atoms with van der Waals surface area (Å²) in [6, 6.07) is 1.86. The van der Waals surface area contributed by atoms with Gasteiger partial charge in [-0.3, -0.25) is 5.32 Å². The fourth-order valence-electron chi connectivity index (χ4n) is 3.05. The Morgan fingerprint density at radius 1 is 1.48 bits per heavy atom. The number of nitrogens with one attached hydrogen (secondary N) is 3. The van der Waals surface area contributed by atoms with Crippen LogP contribution in [0.25, 0.3) is 11.2 Å². The van der Waals surface area contributed by atoms with E-state index in [-0.39, 0.29) is 12.1 Å². The third-order valence-corrected chi connectivity index (χ3v) is 4.04. The molecule has 0 radical (unpaired) electrons. The van der Waals surface area contributed by atoms with E-state index in [0.717, 1.165) is 30.4 Å². The Morgan fingerprint density at radius 2 is 2.33 bits per heavy atom. The predicted octanol–water partition coefficient (Wildman–Crippen LogP) is 3.05. The average Bonchev–Trinajstić information content (AvgIpc) is 2.84. The highest BCUT2D eigenvalue weighted by molar-refractivity contribution is 5.89. The van der Waals surface area contributed by atoms with Gasteiger partial charge in [0.15, 0.2) is 11.5 Å². The maximum Gasteiger partial charge on any atom is 0.320 e. The summed E-state index contributed by atoms with van der Waals surface area (Å²) < 4.78 is 0. The molecule has 2 aromatic rings. The van der Waals surface area contributed by atoms with Crippen LogP contribution in [-0.2, 0) is 0 Å². The normalized spacial score (nSPS) is 21.1. The Balaban J connectivity index is 1.60. The van der Waals surface area contributed by atoms with Crippen molar-refractivity contribution in [2.45, 2.75) is 45.6 Å². The first-order chi connectivity index (χ1) is 10.0. The van der Waals surface area contributed by atoms with Crippen LogP contribution in [0, 0.1) is 5.41 Å². The molecular weight excluding hydrogens is 266 g/mol. The fraction of sp³-hybridized carbons (Fsp3) is 0.533. The van der Waals surface area contributed by atoms with Crippen molar-refractivity contribution in [1.29, 1.82) is 0 Å². The van der Waals surface area contributed by atoms with Crippen LogP contribution in [0.5, 0.6) is 0 Å². The summed E-state index contributed by atoms with van der Waals surface area (Å²) in [5, 5.41) is 5.80. The lowest BCUT2D eigenvalue weighted by Crippen LogP contribution is -2.42. The number of H-pyrrole nitrogens is 1. The number of amides is 2. The molecule has 2 aromatic heterocycles. The number of carbonyl (C=O) groups excluding carboxylic acids is 1. The number of hydrogen-bond donors (Lipinski definition) is 3. The van der Waals surface area contributed by atoms with Gasteiger partial charge in [-0.05, 0) is 30.7 Å². The molecule has 0 bridgehead atoms. The van der Waals surface area contributed by atoms with E-state index in [9.17, 15) is 4.79 Å². The first-order valence-corrected chi connectivity index (χ1v) is 7.39. The predicted molar refractivity (Wildman–Crippen MR) is 82.1 cm³/mol. The Morgan fingerprint density at radius 3 is 3.14 bits per heavy atom. The topological polar surface area (TPSA) is 82.7 Å². The zero-order chi connectivity index (χ0) is 14.9. The highest BCUT2D eigenvalue weighted by atomic mass is 16.2. The van der Waals surface area contributed by atoms with Gasteiger partial charge in [0, 0.05) is 12.2 Å². The van der Waals surface area contributed by atoms with Crippen molar-refractivity contribution in [2.75, 3.05) is 5.32 Å². The minimum absolute atomic E-state index is 0.207. The Hall–Kier alpha value is -2.11. The average molecular weight is 287 g/mol. The molecule has 1 unspecified atom stereocenters. The van der Waals surface area contributed by atoms with Crippen LogP contribution in [0.3, 0.4) is 0 Å². The number of carbonyl (C=O) groups is 1. The number of rotatable bonds is 2. The smallest absolute Gasteiger partial charge is 0.320 e. The van der Waals surface area contributed by atoms with Gasteiger partial charge in [0.25, 0.3) is 0 Å². The van der Waals surface area contributed by atoms with Gasteiger partial charge >= 0.3 is 6.03 Å². The monoisotopic (exact) mass is 287 g/mol. The van der Waals surface area contributed by atoms with Crippen LogP contribution in [0.1, 0.15) is 39.5 Å². The van der Waals surface area contributed by atoms with Crippen molar-refractivity contribution >= 4 is 23.0 Å². The summed E-state index contributed by atoms with van der Waals surface area (Å²) in [5.41, 5.74) is 1.77. The van der Waals surface area contributed by atoms with Crippen LogP contribution < -0.4 is 10.6 Å². The number of anilines is 1. The first-order valence-electron chi connectivity index (χ1n) is 7.39. The van der Waals surface area contributed by atoms with Gasteiger partial charge in [0.2, 0.25) is 0 Å². The van der Waals surface area contributed by atoms with Crippen molar-refractivity contribution in [1.82, 2.24) is 20.3 Å². The highest BCUT2D eigenvalue weighted by Gasteiger charge is 2.28. The standard InChI is InChI=1S/C15H21N5O/c1-15(2)6-3-4-10(8-15)18-14(21)20-12-9-17-13-11(19-12)5-7-16-13/h5,7,9-10H,3-4,6,8H2,1-2H3,(H,16,17)(H2,18,19,20,21). The zero-order valence-corrected chi connectivity index (χ0v) is 12.4. The van der Waals surface area contributed by atoms with Crippen molar-refractivity contribution < 1.29 is 4.79 Å². The van der Waals surface area contributed by atoms with Crippen LogP contribution in [0.15, 0.2) is 18.5 Å². The molecule has 1 aliphatic carbocycles. The fourth-order valence-corrected chi connectivity index (χ4v) is 3.05. The second kappa shape index (κ2) is 5.35. The van der Waals surface area contributed by atoms with Gasteiger partial charge in [-0.15, -0.1) is 0 Å². The summed E-state index contributed by atoms with van der Waals surface area (Å²) in [5.74, 6) is 0.467. The molecule has 1 atom stereocenters. The number of fused-ring (bicyclic) bond motifs is 1. The molecule has 112 valence electrons. The van der Waals surface area contributed by atoms with Crippen LogP contribution in [-0.4, -0.2) is 27.0 Å². The minimum atomic E-state index is -0.207. The first kappa shape index (κ1) is 13.9. The molecule has 0 saturated heterocycles. The lowest BCUT2D eigenvalue weighted by Gasteiger charge is -2.35. The molecule has 3 N–H and O–H groups in total. The van der Waals surface area contributed by atoms with E-state index in [1.807, 2.05) is 6.07 Å². The molecule has 0 spiro atoms. The summed E-state index contributed by atoms with van der Waals surface area (Å²) in [6.45, 7) is 4.51. The van der Waals surface area contributed by atoms with Crippen molar-refractivity contribution in [3.05, 3.63) is 18.5 Å². The molecular formula is C15H21N5O. The van der Waals surface area contributed by atoms with Gasteiger partial charge in [-0.25, -0.2) is 14.8 Å². The zero-order valence-electron chi connectivity index (χ0n) is 12.4. The second-order valence-electron chi connectivity index (χ2n) is 6.52. The Labute approximate surface area is 123 Å². The molecule has 1 aliphatic rings. The molecule has 2 heterocycles. The molecule has 21 heavy (non-hydrogen) atoms. The molecule has 1 fully saturated rings. The Bertz CT molecular complexity index is 648.